The molecule has 1 heterocycles. The van der Waals surface area contributed by atoms with Crippen LogP contribution in [0.25, 0.3) is 0 Å². The van der Waals surface area contributed by atoms with Gasteiger partial charge in [-0.15, -0.1) is 0 Å². The molecule has 0 radical (unpaired) electrons. The number of hydrogen-bond donors (Lipinski definition) is 3. The van der Waals surface area contributed by atoms with E-state index in [9.17, 15) is 34.5 Å². The molecule has 1 aliphatic rings. The maximum atomic E-state index is 13.6. The van der Waals surface area contributed by atoms with E-state index in [1.54, 1.807) is 77.4 Å². The zero-order chi connectivity index (χ0) is 55.5. The van der Waals surface area contributed by atoms with Crippen LogP contribution in [0.3, 0.4) is 0 Å². The summed E-state index contributed by atoms with van der Waals surface area (Å²) in [6.07, 6.45) is 12.2. The lowest BCUT2D eigenvalue weighted by Crippen LogP contribution is -2.44. The van der Waals surface area contributed by atoms with E-state index in [4.69, 9.17) is 33.2 Å². The number of carbonyl (C=O) groups is 4. The Labute approximate surface area is 440 Å². The molecule has 1 aliphatic heterocycles. The largest absolute Gasteiger partial charge is 0.462 e. The summed E-state index contributed by atoms with van der Waals surface area (Å²) >= 11 is 0. The van der Waals surface area contributed by atoms with Crippen LogP contribution in [-0.2, 0) is 52.3 Å². The lowest BCUT2D eigenvalue weighted by Gasteiger charge is -2.36. The Morgan fingerprint density at radius 2 is 1.51 bits per heavy atom. The van der Waals surface area contributed by atoms with Gasteiger partial charge in [0.1, 0.15) is 36.5 Å². The van der Waals surface area contributed by atoms with E-state index < -0.39 is 90.3 Å². The average Bonchev–Trinajstić information content (AvgIpc) is 3.34. The van der Waals surface area contributed by atoms with E-state index in [2.05, 4.69) is 19.9 Å². The van der Waals surface area contributed by atoms with Crippen molar-refractivity contribution in [3.63, 3.8) is 0 Å². The molecular weight excluding hydrogens is 937 g/mol. The van der Waals surface area contributed by atoms with Gasteiger partial charge in [0.2, 0.25) is 0 Å². The summed E-state index contributed by atoms with van der Waals surface area (Å²) in [5.41, 5.74) is 1.11. The highest BCUT2D eigenvalue weighted by Gasteiger charge is 2.38. The molecule has 0 aromatic rings. The van der Waals surface area contributed by atoms with Crippen LogP contribution >= 0.6 is 0 Å². The standard InChI is InChI=1S/C57H100N2O14/c1-36-26-27-37(2)48(69-17)30-28-38(3)54(64)42(7)50(73-57(66)47(35-67-15)59(13)14)23-19-18-20-25-52(62)71-49(24-21-22-46(34-36)68-16)41(6)53(63)39(4)29-31-51(72-56(65)44(9)58(11)12)43(8)55(70-45(10)61)40(5)32-33-60/h18-22,25,27,36,38-44,46-51,53-55,60,63-64H,23-24,26,28-35H2,1-17H3/b19-18+,22-21+,25-20+,37-27+/t36-,38-,39+,40-,41-,42-,43+,44?,46+,47?,48+,49+,50-,51-,53+,54-,55-/m1/s1. The molecule has 0 saturated heterocycles. The second-order valence-corrected chi connectivity index (χ2v) is 21.4. The van der Waals surface area contributed by atoms with Gasteiger partial charge in [0.05, 0.1) is 31.0 Å². The Kier molecular flexibility index (Phi) is 33.0. The van der Waals surface area contributed by atoms with Gasteiger partial charge in [-0.3, -0.25) is 24.2 Å². The fourth-order valence-electron chi connectivity index (χ4n) is 9.39. The third-order valence-corrected chi connectivity index (χ3v) is 15.0. The van der Waals surface area contributed by atoms with Crippen molar-refractivity contribution in [2.45, 2.75) is 188 Å². The summed E-state index contributed by atoms with van der Waals surface area (Å²) in [5, 5.41) is 33.5. The van der Waals surface area contributed by atoms with Gasteiger partial charge in [-0.1, -0.05) is 84.9 Å². The van der Waals surface area contributed by atoms with E-state index >= 15 is 0 Å². The van der Waals surface area contributed by atoms with E-state index in [-0.39, 0.29) is 55.5 Å². The van der Waals surface area contributed by atoms with Gasteiger partial charge in [-0.25, -0.2) is 4.79 Å². The minimum absolute atomic E-state index is 0.0992. The summed E-state index contributed by atoms with van der Waals surface area (Å²) in [7, 11) is 12.0. The fraction of sp³-hybridized carbons (Fsp3) is 0.789. The number of nitrogens with zero attached hydrogens (tertiary/aromatic N) is 2. The average molecular weight is 1040 g/mol. The van der Waals surface area contributed by atoms with Gasteiger partial charge in [-0.2, -0.15) is 0 Å². The predicted octanol–water partition coefficient (Wildman–Crippen LogP) is 7.52. The molecule has 3 N–H and O–H groups in total. The number of rotatable bonds is 22. The van der Waals surface area contributed by atoms with E-state index in [0.717, 1.165) is 18.4 Å². The van der Waals surface area contributed by atoms with Crippen molar-refractivity contribution in [1.82, 2.24) is 9.80 Å². The topological polar surface area (TPSA) is 200 Å². The highest BCUT2D eigenvalue weighted by Crippen LogP contribution is 2.32. The third-order valence-electron chi connectivity index (χ3n) is 15.0. The summed E-state index contributed by atoms with van der Waals surface area (Å²) in [6, 6.07) is -1.20. The minimum atomic E-state index is -0.952. The van der Waals surface area contributed by atoms with Gasteiger partial charge in [0, 0.05) is 71.5 Å². The number of hydrogen-bond acceptors (Lipinski definition) is 16. The summed E-state index contributed by atoms with van der Waals surface area (Å²) in [4.78, 5) is 56.3. The Bertz CT molecular complexity index is 1720. The van der Waals surface area contributed by atoms with Crippen molar-refractivity contribution in [2.24, 2.45) is 41.4 Å². The van der Waals surface area contributed by atoms with Crippen molar-refractivity contribution < 1.29 is 67.7 Å². The molecule has 0 saturated carbocycles. The van der Waals surface area contributed by atoms with Crippen LogP contribution in [0.15, 0.2) is 48.1 Å². The molecule has 422 valence electrons. The first-order chi connectivity index (χ1) is 34.3. The van der Waals surface area contributed by atoms with E-state index in [1.165, 1.54) is 20.1 Å². The predicted molar refractivity (Wildman–Crippen MR) is 285 cm³/mol. The Morgan fingerprint density at radius 1 is 0.836 bits per heavy atom. The molecular formula is C57H100N2O14. The Morgan fingerprint density at radius 3 is 2.08 bits per heavy atom. The molecule has 73 heavy (non-hydrogen) atoms. The second kappa shape index (κ2) is 35.7. The number of esters is 4. The van der Waals surface area contributed by atoms with Gasteiger partial charge in [-0.05, 0) is 116 Å². The van der Waals surface area contributed by atoms with E-state index in [1.807, 2.05) is 53.7 Å². The molecule has 0 aromatic carbocycles. The van der Waals surface area contributed by atoms with Crippen LogP contribution in [0.4, 0.5) is 0 Å². The zero-order valence-electron chi connectivity index (χ0n) is 47.9. The number of aliphatic hydroxyl groups excluding tert-OH is 3. The first-order valence-electron chi connectivity index (χ1n) is 26.6. The number of aliphatic hydroxyl groups is 3. The number of carbonyl (C=O) groups excluding carboxylic acids is 4. The van der Waals surface area contributed by atoms with Crippen molar-refractivity contribution in [3.05, 3.63) is 48.1 Å². The Balaban J connectivity index is 3.66. The first kappa shape index (κ1) is 67.5. The van der Waals surface area contributed by atoms with Gasteiger partial charge >= 0.3 is 23.9 Å². The van der Waals surface area contributed by atoms with Gasteiger partial charge in [0.25, 0.3) is 0 Å². The van der Waals surface area contributed by atoms with Crippen molar-refractivity contribution in [1.29, 1.82) is 0 Å². The molecule has 0 spiro atoms. The molecule has 0 aromatic heterocycles. The lowest BCUT2D eigenvalue weighted by molar-refractivity contribution is -0.167. The van der Waals surface area contributed by atoms with Crippen molar-refractivity contribution >= 4 is 23.9 Å². The molecule has 1 rings (SSSR count). The maximum Gasteiger partial charge on any atom is 0.331 e. The van der Waals surface area contributed by atoms with Crippen molar-refractivity contribution in [2.75, 3.05) is 62.7 Å². The van der Waals surface area contributed by atoms with Crippen LogP contribution < -0.4 is 0 Å². The van der Waals surface area contributed by atoms with E-state index in [0.29, 0.717) is 38.5 Å². The summed E-state index contributed by atoms with van der Waals surface area (Å²) in [6.45, 7) is 18.8. The minimum Gasteiger partial charge on any atom is -0.462 e. The number of likely N-dealkylation sites (N-methyl/N-ethyl adjacent to an activating group) is 2. The monoisotopic (exact) mass is 1040 g/mol. The smallest absolute Gasteiger partial charge is 0.331 e. The third kappa shape index (κ3) is 24.4. The van der Waals surface area contributed by atoms with Gasteiger partial charge < -0.3 is 48.5 Å². The number of ether oxygens (including phenoxy) is 7. The maximum absolute atomic E-state index is 13.6. The Hall–Kier alpha value is -3.48. The van der Waals surface area contributed by atoms with Crippen LogP contribution in [0, 0.1) is 41.4 Å². The summed E-state index contributed by atoms with van der Waals surface area (Å²) < 4.78 is 41.3. The lowest BCUT2D eigenvalue weighted by atomic mass is 9.82. The van der Waals surface area contributed by atoms with Crippen molar-refractivity contribution in [3.8, 4) is 0 Å². The fourth-order valence-corrected chi connectivity index (χ4v) is 9.39. The summed E-state index contributed by atoms with van der Waals surface area (Å²) in [5.74, 6) is -3.89. The highest BCUT2D eigenvalue weighted by atomic mass is 16.6. The molecule has 0 fully saturated rings. The molecule has 0 aliphatic carbocycles. The molecule has 0 bridgehead atoms. The zero-order valence-corrected chi connectivity index (χ0v) is 47.9. The number of allylic oxidation sites excluding steroid dienone is 3. The number of cyclic esters (lactones) is 1. The normalized spacial score (nSPS) is 29.3. The highest BCUT2D eigenvalue weighted by molar-refractivity contribution is 5.82. The van der Waals surface area contributed by atoms with Crippen LogP contribution in [0.2, 0.25) is 0 Å². The molecule has 16 nitrogen and oxygen atoms in total. The SMILES string of the molecule is COCC(C(=O)O[C@@H]1C/C=C/C=C/C(=O)O[C@H]([C@@H](C)[C@@H](O)[C@@H](C)CC[C@@H](OC(=O)C(C)N(C)C)[C@H](C)[C@H](OC(C)=O)[C@H](C)CCO)C/C=C/[C@H](OC)C[C@H](C)C/C=C(\C)[C@@H](OC)CC[C@@H](C)[C@@H](O)[C@@H]1C)N(C)C. The molecule has 16 heteroatoms. The second-order valence-electron chi connectivity index (χ2n) is 21.4. The molecule has 17 atom stereocenters. The molecule has 0 amide bonds. The van der Waals surface area contributed by atoms with Crippen LogP contribution in [0.1, 0.15) is 127 Å². The van der Waals surface area contributed by atoms with Crippen LogP contribution in [-0.4, -0.2) is 173 Å². The van der Waals surface area contributed by atoms with Gasteiger partial charge in [0.15, 0.2) is 0 Å². The number of methoxy groups -OCH3 is 3. The first-order valence-corrected chi connectivity index (χ1v) is 26.6. The molecule has 2 unspecified atom stereocenters. The van der Waals surface area contributed by atoms with Crippen LogP contribution in [0.5, 0.6) is 0 Å². The quantitative estimate of drug-likeness (QED) is 0.0546.